The van der Waals surface area contributed by atoms with Crippen molar-refractivity contribution in [2.24, 2.45) is 5.73 Å². The van der Waals surface area contributed by atoms with Crippen LogP contribution in [0.5, 0.6) is 0 Å². The van der Waals surface area contributed by atoms with Crippen LogP contribution >= 0.6 is 0 Å². The van der Waals surface area contributed by atoms with Crippen LogP contribution in [0.15, 0.2) is 12.3 Å². The van der Waals surface area contributed by atoms with Gasteiger partial charge in [0.15, 0.2) is 5.60 Å². The fourth-order valence-corrected chi connectivity index (χ4v) is 0.535. The summed E-state index contributed by atoms with van der Waals surface area (Å²) in [5.74, 6) is 0. The van der Waals surface area contributed by atoms with Crippen molar-refractivity contribution in [3.05, 3.63) is 12.3 Å². The molecule has 0 saturated heterocycles. The molecule has 6 heteroatoms. The standard InChI is InChI=1S/C7H12F3NO2/c1-2-13-4-3-6(12,5-11)7(8,9)10/h3-4,12H,2,5,11H2,1H3/b4-3+/t6-/m0/s1. The molecule has 0 aromatic carbocycles. The minimum absolute atomic E-state index is 0.231. The molecule has 0 bridgehead atoms. The van der Waals surface area contributed by atoms with Crippen molar-refractivity contribution in [3.8, 4) is 0 Å². The summed E-state index contributed by atoms with van der Waals surface area (Å²) in [4.78, 5) is 0. The van der Waals surface area contributed by atoms with E-state index in [1.165, 1.54) is 0 Å². The molecule has 0 amide bonds. The SMILES string of the molecule is CCO/C=C/[C@](O)(CN)C(F)(F)F. The van der Waals surface area contributed by atoms with E-state index in [1.54, 1.807) is 6.92 Å². The van der Waals surface area contributed by atoms with Gasteiger partial charge in [0, 0.05) is 6.54 Å². The second-order valence-electron chi connectivity index (χ2n) is 2.38. The van der Waals surface area contributed by atoms with Crippen LogP contribution in [-0.2, 0) is 4.74 Å². The van der Waals surface area contributed by atoms with E-state index in [4.69, 9.17) is 10.8 Å². The molecule has 0 radical (unpaired) electrons. The second kappa shape index (κ2) is 4.48. The molecule has 0 unspecified atom stereocenters. The van der Waals surface area contributed by atoms with Crippen LogP contribution in [0, 0.1) is 0 Å². The molecule has 78 valence electrons. The van der Waals surface area contributed by atoms with Crippen molar-refractivity contribution in [3.63, 3.8) is 0 Å². The molecule has 0 aliphatic heterocycles. The van der Waals surface area contributed by atoms with Gasteiger partial charge in [0.2, 0.25) is 0 Å². The molecular formula is C7H12F3NO2. The lowest BCUT2D eigenvalue weighted by Crippen LogP contribution is -2.49. The fraction of sp³-hybridized carbons (Fsp3) is 0.714. The summed E-state index contributed by atoms with van der Waals surface area (Å²) in [5.41, 5.74) is 1.80. The van der Waals surface area contributed by atoms with Crippen LogP contribution < -0.4 is 5.73 Å². The maximum absolute atomic E-state index is 12.1. The van der Waals surface area contributed by atoms with Gasteiger partial charge in [0.1, 0.15) is 0 Å². The Bertz CT molecular complexity index is 181. The van der Waals surface area contributed by atoms with Gasteiger partial charge in [-0.1, -0.05) is 0 Å². The van der Waals surface area contributed by atoms with Crippen molar-refractivity contribution in [2.45, 2.75) is 18.7 Å². The number of halogens is 3. The average Bonchev–Trinajstić information content (AvgIpc) is 2.02. The Morgan fingerprint density at radius 2 is 2.00 bits per heavy atom. The normalized spacial score (nSPS) is 17.4. The zero-order valence-corrected chi connectivity index (χ0v) is 7.14. The molecule has 0 rings (SSSR count). The molecule has 3 nitrogen and oxygen atoms in total. The monoisotopic (exact) mass is 199 g/mol. The molecule has 0 aromatic heterocycles. The Balaban J connectivity index is 4.46. The first-order valence-corrected chi connectivity index (χ1v) is 3.66. The van der Waals surface area contributed by atoms with Gasteiger partial charge in [0.05, 0.1) is 12.9 Å². The number of rotatable bonds is 4. The zero-order chi connectivity index (χ0) is 10.5. The van der Waals surface area contributed by atoms with Gasteiger partial charge in [0.25, 0.3) is 0 Å². The highest BCUT2D eigenvalue weighted by Gasteiger charge is 2.51. The first-order valence-electron chi connectivity index (χ1n) is 3.66. The fourth-order valence-electron chi connectivity index (χ4n) is 0.535. The van der Waals surface area contributed by atoms with E-state index >= 15 is 0 Å². The van der Waals surface area contributed by atoms with Crippen LogP contribution in [0.4, 0.5) is 13.2 Å². The zero-order valence-electron chi connectivity index (χ0n) is 7.14. The smallest absolute Gasteiger partial charge is 0.422 e. The number of hydrogen-bond acceptors (Lipinski definition) is 3. The molecule has 0 aliphatic rings. The molecule has 0 spiro atoms. The van der Waals surface area contributed by atoms with Crippen molar-refractivity contribution >= 4 is 0 Å². The van der Waals surface area contributed by atoms with E-state index in [9.17, 15) is 13.2 Å². The maximum Gasteiger partial charge on any atom is 0.422 e. The molecule has 13 heavy (non-hydrogen) atoms. The lowest BCUT2D eigenvalue weighted by atomic mass is 10.0. The van der Waals surface area contributed by atoms with E-state index in [-0.39, 0.29) is 6.61 Å². The molecule has 0 saturated carbocycles. The number of alkyl halides is 3. The quantitative estimate of drug-likeness (QED) is 0.658. The first-order chi connectivity index (χ1) is 5.87. The van der Waals surface area contributed by atoms with Crippen molar-refractivity contribution in [1.29, 1.82) is 0 Å². The first kappa shape index (κ1) is 12.2. The van der Waals surface area contributed by atoms with Crippen LogP contribution in [0.3, 0.4) is 0 Å². The molecule has 3 N–H and O–H groups in total. The minimum Gasteiger partial charge on any atom is -0.502 e. The van der Waals surface area contributed by atoms with E-state index < -0.39 is 18.3 Å². The number of hydrogen-bond donors (Lipinski definition) is 2. The summed E-state index contributed by atoms with van der Waals surface area (Å²) in [6.45, 7) is 0.911. The Labute approximate surface area is 74.0 Å². The molecule has 1 atom stereocenters. The number of ether oxygens (including phenoxy) is 1. The summed E-state index contributed by atoms with van der Waals surface area (Å²) in [5, 5.41) is 8.97. The van der Waals surface area contributed by atoms with Crippen molar-refractivity contribution in [1.82, 2.24) is 0 Å². The van der Waals surface area contributed by atoms with Crippen molar-refractivity contribution in [2.75, 3.05) is 13.2 Å². The third kappa shape index (κ3) is 3.23. The van der Waals surface area contributed by atoms with E-state index in [0.717, 1.165) is 6.26 Å². The van der Waals surface area contributed by atoms with E-state index in [0.29, 0.717) is 6.08 Å². The van der Waals surface area contributed by atoms with Gasteiger partial charge in [-0.05, 0) is 13.0 Å². The maximum atomic E-state index is 12.1. The lowest BCUT2D eigenvalue weighted by Gasteiger charge is -2.25. The predicted molar refractivity (Wildman–Crippen MR) is 40.8 cm³/mol. The molecule has 0 heterocycles. The third-order valence-corrected chi connectivity index (χ3v) is 1.41. The molecule has 0 fully saturated rings. The summed E-state index contributed by atoms with van der Waals surface area (Å²) in [7, 11) is 0. The van der Waals surface area contributed by atoms with Gasteiger partial charge in [-0.3, -0.25) is 0 Å². The van der Waals surface area contributed by atoms with Gasteiger partial charge in [-0.15, -0.1) is 0 Å². The Hall–Kier alpha value is -0.750. The van der Waals surface area contributed by atoms with Gasteiger partial charge in [-0.2, -0.15) is 13.2 Å². The van der Waals surface area contributed by atoms with Crippen LogP contribution in [0.1, 0.15) is 6.92 Å². The third-order valence-electron chi connectivity index (χ3n) is 1.41. The summed E-state index contributed by atoms with van der Waals surface area (Å²) >= 11 is 0. The lowest BCUT2D eigenvalue weighted by molar-refractivity contribution is -0.235. The highest BCUT2D eigenvalue weighted by atomic mass is 19.4. The number of nitrogens with two attached hydrogens (primary N) is 1. The van der Waals surface area contributed by atoms with Gasteiger partial charge < -0.3 is 15.6 Å². The number of aliphatic hydroxyl groups is 1. The van der Waals surface area contributed by atoms with Crippen LogP contribution in [-0.4, -0.2) is 30.0 Å². The summed E-state index contributed by atoms with van der Waals surface area (Å²) in [6.07, 6.45) is -3.49. The van der Waals surface area contributed by atoms with Crippen LogP contribution in [0.2, 0.25) is 0 Å². The Morgan fingerprint density at radius 3 is 2.31 bits per heavy atom. The Morgan fingerprint density at radius 1 is 1.46 bits per heavy atom. The highest BCUT2D eigenvalue weighted by Crippen LogP contribution is 2.30. The molecular weight excluding hydrogens is 187 g/mol. The highest BCUT2D eigenvalue weighted by molar-refractivity contribution is 5.04. The van der Waals surface area contributed by atoms with Crippen molar-refractivity contribution < 1.29 is 23.0 Å². The van der Waals surface area contributed by atoms with Gasteiger partial charge >= 0.3 is 6.18 Å². The second-order valence-corrected chi connectivity index (χ2v) is 2.38. The average molecular weight is 199 g/mol. The summed E-state index contributed by atoms with van der Waals surface area (Å²) < 4.78 is 40.8. The minimum atomic E-state index is -4.78. The van der Waals surface area contributed by atoms with Crippen LogP contribution in [0.25, 0.3) is 0 Å². The van der Waals surface area contributed by atoms with E-state index in [1.807, 2.05) is 0 Å². The predicted octanol–water partition coefficient (Wildman–Crippen LogP) is 0.789. The largest absolute Gasteiger partial charge is 0.502 e. The summed E-state index contributed by atoms with van der Waals surface area (Å²) in [6, 6.07) is 0. The molecule has 0 aliphatic carbocycles. The van der Waals surface area contributed by atoms with E-state index in [2.05, 4.69) is 4.74 Å². The van der Waals surface area contributed by atoms with Gasteiger partial charge in [-0.25, -0.2) is 0 Å². The topological polar surface area (TPSA) is 55.5 Å². The molecule has 0 aromatic rings. The Kier molecular flexibility index (Phi) is 4.22.